The molecule has 0 atom stereocenters. The van der Waals surface area contributed by atoms with Crippen LogP contribution in [0.1, 0.15) is 41.9 Å². The minimum Gasteiger partial charge on any atom is -0.263 e. The molecule has 0 aromatic carbocycles. The van der Waals surface area contributed by atoms with Crippen molar-refractivity contribution in [1.29, 1.82) is 0 Å². The van der Waals surface area contributed by atoms with Crippen molar-refractivity contribution in [3.63, 3.8) is 0 Å². The largest absolute Gasteiger partial charge is 0.265 e. The third-order valence-corrected chi connectivity index (χ3v) is 5.91. The first-order chi connectivity index (χ1) is 10.4. The van der Waals surface area contributed by atoms with Gasteiger partial charge in [-0.05, 0) is 37.3 Å². The maximum Gasteiger partial charge on any atom is 0.265 e. The first-order valence-corrected chi connectivity index (χ1v) is 9.15. The zero-order valence-corrected chi connectivity index (χ0v) is 13.3. The number of aryl methyl sites for hydroxylation is 1. The van der Waals surface area contributed by atoms with Crippen molar-refractivity contribution < 1.29 is 17.2 Å². The van der Waals surface area contributed by atoms with Gasteiger partial charge in [0.15, 0.2) is 0 Å². The molecule has 1 aliphatic carbocycles. The fourth-order valence-electron chi connectivity index (χ4n) is 2.39. The highest BCUT2D eigenvalue weighted by atomic mass is 32.2. The van der Waals surface area contributed by atoms with Crippen LogP contribution in [-0.4, -0.2) is 13.4 Å². The fraction of sp³-hybridized carbons (Fsp3) is 0.357. The molecule has 3 rings (SSSR count). The van der Waals surface area contributed by atoms with Gasteiger partial charge < -0.3 is 0 Å². The summed E-state index contributed by atoms with van der Waals surface area (Å²) in [6.07, 6.45) is 0.663. The number of pyridine rings is 1. The Morgan fingerprint density at radius 1 is 1.36 bits per heavy atom. The van der Waals surface area contributed by atoms with E-state index in [1.165, 1.54) is 11.6 Å². The molecular weight excluding hydrogens is 330 g/mol. The Hall–Kier alpha value is -1.54. The topological polar surface area (TPSA) is 59.1 Å². The first kappa shape index (κ1) is 15.4. The van der Waals surface area contributed by atoms with Crippen LogP contribution in [0.4, 0.5) is 14.6 Å². The van der Waals surface area contributed by atoms with Crippen LogP contribution in [0.3, 0.4) is 0 Å². The van der Waals surface area contributed by atoms with Crippen LogP contribution in [0.15, 0.2) is 27.9 Å². The van der Waals surface area contributed by atoms with Gasteiger partial charge in [0.2, 0.25) is 0 Å². The van der Waals surface area contributed by atoms with Crippen LogP contribution >= 0.6 is 11.3 Å². The van der Waals surface area contributed by atoms with Crippen molar-refractivity contribution in [2.75, 3.05) is 4.72 Å². The maximum absolute atomic E-state index is 12.9. The number of nitrogens with zero attached hydrogens (tertiary/aromatic N) is 1. The second-order valence-corrected chi connectivity index (χ2v) is 7.66. The molecule has 2 heterocycles. The Labute approximate surface area is 131 Å². The number of anilines is 1. The number of hydrogen-bond acceptors (Lipinski definition) is 4. The Balaban J connectivity index is 1.99. The van der Waals surface area contributed by atoms with E-state index in [0.29, 0.717) is 5.92 Å². The van der Waals surface area contributed by atoms with Crippen LogP contribution < -0.4 is 4.72 Å². The standard InChI is InChI=1S/C14H14F2N2O2S2/c1-8-4-5-17-14(12(8)9-2-3-9)18-22(19,20)11-7-21-6-10(11)13(15)16/h4-7,9,13H,2-3H2,1H3,(H,17,18). The molecule has 1 saturated carbocycles. The molecule has 0 aliphatic heterocycles. The minimum atomic E-state index is -4.07. The molecule has 1 aliphatic rings. The summed E-state index contributed by atoms with van der Waals surface area (Å²) in [6.45, 7) is 1.89. The van der Waals surface area contributed by atoms with Gasteiger partial charge in [0.05, 0.1) is 0 Å². The van der Waals surface area contributed by atoms with Crippen LogP contribution in [0.5, 0.6) is 0 Å². The van der Waals surface area contributed by atoms with E-state index >= 15 is 0 Å². The van der Waals surface area contributed by atoms with E-state index in [0.717, 1.165) is 40.7 Å². The van der Waals surface area contributed by atoms with Gasteiger partial charge in [0, 0.05) is 28.1 Å². The molecule has 8 heteroatoms. The predicted molar refractivity (Wildman–Crippen MR) is 81.0 cm³/mol. The maximum atomic E-state index is 12.9. The highest BCUT2D eigenvalue weighted by molar-refractivity contribution is 7.92. The zero-order valence-electron chi connectivity index (χ0n) is 11.7. The number of thiophene rings is 1. The van der Waals surface area contributed by atoms with Crippen LogP contribution in [0.2, 0.25) is 0 Å². The fourth-order valence-corrected chi connectivity index (χ4v) is 4.83. The molecular formula is C14H14F2N2O2S2. The Morgan fingerprint density at radius 2 is 2.09 bits per heavy atom. The Morgan fingerprint density at radius 3 is 2.73 bits per heavy atom. The molecule has 2 aromatic heterocycles. The predicted octanol–water partition coefficient (Wildman–Crippen LogP) is 4.07. The number of aromatic nitrogens is 1. The van der Waals surface area contributed by atoms with Gasteiger partial charge in [-0.1, -0.05) is 0 Å². The van der Waals surface area contributed by atoms with Gasteiger partial charge in [0.1, 0.15) is 10.7 Å². The molecule has 0 spiro atoms. The summed E-state index contributed by atoms with van der Waals surface area (Å²) >= 11 is 0.938. The molecule has 0 unspecified atom stereocenters. The lowest BCUT2D eigenvalue weighted by Crippen LogP contribution is -2.16. The summed E-state index contributed by atoms with van der Waals surface area (Å²) in [7, 11) is -4.07. The molecule has 0 bridgehead atoms. The number of nitrogens with one attached hydrogen (secondary N) is 1. The Bertz CT molecular complexity index is 799. The molecule has 118 valence electrons. The summed E-state index contributed by atoms with van der Waals surface area (Å²) in [5.74, 6) is 0.539. The molecule has 4 nitrogen and oxygen atoms in total. The summed E-state index contributed by atoms with van der Waals surface area (Å²) in [6, 6.07) is 1.82. The highest BCUT2D eigenvalue weighted by Crippen LogP contribution is 2.44. The van der Waals surface area contributed by atoms with E-state index in [1.54, 1.807) is 0 Å². The summed E-state index contributed by atoms with van der Waals surface area (Å²) in [5, 5.41) is 2.38. The van der Waals surface area contributed by atoms with E-state index in [9.17, 15) is 17.2 Å². The molecule has 0 radical (unpaired) electrons. The lowest BCUT2D eigenvalue weighted by Gasteiger charge is -2.13. The van der Waals surface area contributed by atoms with Crippen molar-refractivity contribution in [3.8, 4) is 0 Å². The van der Waals surface area contributed by atoms with E-state index in [1.807, 2.05) is 13.0 Å². The summed E-state index contributed by atoms with van der Waals surface area (Å²) < 4.78 is 53.0. The molecule has 0 amide bonds. The van der Waals surface area contributed by atoms with Crippen molar-refractivity contribution >= 4 is 27.2 Å². The van der Waals surface area contributed by atoms with Gasteiger partial charge in [-0.3, -0.25) is 4.72 Å². The quantitative estimate of drug-likeness (QED) is 0.889. The van der Waals surface area contributed by atoms with Crippen molar-refractivity contribution in [2.45, 2.75) is 37.0 Å². The molecule has 0 saturated heterocycles. The van der Waals surface area contributed by atoms with Gasteiger partial charge in [-0.15, -0.1) is 0 Å². The SMILES string of the molecule is Cc1ccnc(NS(=O)(=O)c2cscc2C(F)F)c1C1CC1. The molecule has 2 aromatic rings. The normalized spacial score (nSPS) is 15.3. The second-order valence-electron chi connectivity index (χ2n) is 5.26. The van der Waals surface area contributed by atoms with Crippen LogP contribution in [-0.2, 0) is 10.0 Å². The van der Waals surface area contributed by atoms with Gasteiger partial charge in [0.25, 0.3) is 16.4 Å². The molecule has 1 fully saturated rings. The molecule has 22 heavy (non-hydrogen) atoms. The van der Waals surface area contributed by atoms with E-state index in [-0.39, 0.29) is 10.7 Å². The summed E-state index contributed by atoms with van der Waals surface area (Å²) in [4.78, 5) is 3.72. The monoisotopic (exact) mass is 344 g/mol. The van der Waals surface area contributed by atoms with Crippen molar-refractivity contribution in [1.82, 2.24) is 4.98 Å². The number of halogens is 2. The second kappa shape index (κ2) is 5.58. The van der Waals surface area contributed by atoms with Gasteiger partial charge in [-0.25, -0.2) is 22.2 Å². The zero-order chi connectivity index (χ0) is 15.9. The van der Waals surface area contributed by atoms with Crippen molar-refractivity contribution in [2.24, 2.45) is 0 Å². The number of alkyl halides is 2. The van der Waals surface area contributed by atoms with E-state index in [4.69, 9.17) is 0 Å². The average molecular weight is 344 g/mol. The van der Waals surface area contributed by atoms with E-state index in [2.05, 4.69) is 9.71 Å². The van der Waals surface area contributed by atoms with Crippen LogP contribution in [0, 0.1) is 6.92 Å². The van der Waals surface area contributed by atoms with Crippen molar-refractivity contribution in [3.05, 3.63) is 39.7 Å². The number of sulfonamides is 1. The smallest absolute Gasteiger partial charge is 0.263 e. The minimum absolute atomic E-state index is 0.244. The van der Waals surface area contributed by atoms with E-state index < -0.39 is 22.0 Å². The van der Waals surface area contributed by atoms with Gasteiger partial charge in [-0.2, -0.15) is 11.3 Å². The van der Waals surface area contributed by atoms with Gasteiger partial charge >= 0.3 is 0 Å². The lowest BCUT2D eigenvalue weighted by atomic mass is 10.1. The first-order valence-electron chi connectivity index (χ1n) is 6.72. The average Bonchev–Trinajstić information content (AvgIpc) is 3.12. The number of rotatable bonds is 5. The molecule has 1 N–H and O–H groups in total. The lowest BCUT2D eigenvalue weighted by molar-refractivity contribution is 0.148. The summed E-state index contributed by atoms with van der Waals surface area (Å²) in [5.41, 5.74) is 1.34. The highest BCUT2D eigenvalue weighted by Gasteiger charge is 2.31. The third-order valence-electron chi connectivity index (χ3n) is 3.60. The van der Waals surface area contributed by atoms with Crippen LogP contribution in [0.25, 0.3) is 0 Å². The Kier molecular flexibility index (Phi) is 3.90. The number of hydrogen-bond donors (Lipinski definition) is 1. The third kappa shape index (κ3) is 2.85.